The summed E-state index contributed by atoms with van der Waals surface area (Å²) < 4.78 is 0. The predicted octanol–water partition coefficient (Wildman–Crippen LogP) is 5.72. The van der Waals surface area contributed by atoms with Crippen molar-refractivity contribution in [3.8, 4) is 0 Å². The molecule has 1 aliphatic carbocycles. The molecule has 20 heavy (non-hydrogen) atoms. The molecule has 0 saturated heterocycles. The van der Waals surface area contributed by atoms with Gasteiger partial charge in [0.05, 0.1) is 0 Å². The molecule has 0 atom stereocenters. The van der Waals surface area contributed by atoms with Crippen molar-refractivity contribution in [2.45, 2.75) is 70.1 Å². The Labute approximate surface area is 121 Å². The molecule has 3 heteroatoms. The Morgan fingerprint density at radius 1 is 0.900 bits per heavy atom. The zero-order valence-corrected chi connectivity index (χ0v) is 12.4. The van der Waals surface area contributed by atoms with Gasteiger partial charge in [0.2, 0.25) is 0 Å². The normalized spacial score (nSPS) is 22.1. The van der Waals surface area contributed by atoms with E-state index in [1.54, 1.807) is 0 Å². The molecule has 3 rings (SSSR count). The van der Waals surface area contributed by atoms with E-state index in [-0.39, 0.29) is 5.41 Å². The SMILES string of the molecule is CC1(c2cccc3c2N=N[N]3)CCCCCCCCC1. The summed E-state index contributed by atoms with van der Waals surface area (Å²) in [6.45, 7) is 2.41. The molecule has 0 bridgehead atoms. The van der Waals surface area contributed by atoms with Gasteiger partial charge in [-0.15, -0.1) is 10.5 Å². The summed E-state index contributed by atoms with van der Waals surface area (Å²) in [4.78, 5) is 0. The molecule has 0 N–H and O–H groups in total. The molecule has 0 unspecified atom stereocenters. The Bertz CT molecular complexity index is 483. The third-order valence-corrected chi connectivity index (χ3v) is 4.92. The molecule has 0 amide bonds. The second-order valence-corrected chi connectivity index (χ2v) is 6.50. The van der Waals surface area contributed by atoms with Crippen molar-refractivity contribution in [2.75, 3.05) is 0 Å². The van der Waals surface area contributed by atoms with Crippen LogP contribution in [-0.4, -0.2) is 0 Å². The fourth-order valence-corrected chi connectivity index (χ4v) is 3.63. The van der Waals surface area contributed by atoms with Crippen LogP contribution in [0.5, 0.6) is 0 Å². The van der Waals surface area contributed by atoms with E-state index in [9.17, 15) is 0 Å². The summed E-state index contributed by atoms with van der Waals surface area (Å²) in [5.74, 6) is 0. The molecule has 2 aliphatic rings. The second kappa shape index (κ2) is 5.94. The Hall–Kier alpha value is -1.38. The van der Waals surface area contributed by atoms with Crippen LogP contribution >= 0.6 is 0 Å². The van der Waals surface area contributed by atoms with E-state index in [2.05, 4.69) is 34.8 Å². The molecule has 1 saturated carbocycles. The summed E-state index contributed by atoms with van der Waals surface area (Å²) in [5, 5.41) is 8.14. The number of benzene rings is 1. The minimum atomic E-state index is 0.238. The van der Waals surface area contributed by atoms with Crippen LogP contribution in [0.15, 0.2) is 28.5 Å². The smallest absolute Gasteiger partial charge is 0.119 e. The molecule has 0 aromatic heterocycles. The standard InChI is InChI=1S/C17H24N3/c1-17(12-7-5-3-2-4-6-8-13-17)14-10-9-11-15-16(14)19-20-18-15/h9-11H,2-8,12-13H2,1H3. The lowest BCUT2D eigenvalue weighted by atomic mass is 9.73. The zero-order chi connectivity index (χ0) is 13.8. The molecule has 1 radical (unpaired) electrons. The molecule has 0 spiro atoms. The lowest BCUT2D eigenvalue weighted by Crippen LogP contribution is -2.22. The number of hydrogen-bond donors (Lipinski definition) is 0. The molecule has 1 aromatic carbocycles. The van der Waals surface area contributed by atoms with Gasteiger partial charge in [0, 0.05) is 0 Å². The Kier molecular flexibility index (Phi) is 4.04. The molecule has 1 heterocycles. The van der Waals surface area contributed by atoms with Crippen LogP contribution in [0.3, 0.4) is 0 Å². The summed E-state index contributed by atoms with van der Waals surface area (Å²) in [5.41, 5.74) is 7.68. The molecule has 3 nitrogen and oxygen atoms in total. The maximum atomic E-state index is 4.27. The molecule has 1 aromatic rings. The summed E-state index contributed by atoms with van der Waals surface area (Å²) in [6, 6.07) is 6.37. The lowest BCUT2D eigenvalue weighted by molar-refractivity contribution is 0.352. The fourth-order valence-electron chi connectivity index (χ4n) is 3.63. The maximum Gasteiger partial charge on any atom is 0.119 e. The van der Waals surface area contributed by atoms with Crippen LogP contribution in [0.2, 0.25) is 0 Å². The number of fused-ring (bicyclic) bond motifs is 1. The molecular formula is C17H24N3. The van der Waals surface area contributed by atoms with E-state index in [1.807, 2.05) is 6.07 Å². The summed E-state index contributed by atoms with van der Waals surface area (Å²) >= 11 is 0. The third-order valence-electron chi connectivity index (χ3n) is 4.92. The number of hydrogen-bond acceptors (Lipinski definition) is 2. The van der Waals surface area contributed by atoms with Gasteiger partial charge < -0.3 is 0 Å². The van der Waals surface area contributed by atoms with Gasteiger partial charge in [-0.3, -0.25) is 0 Å². The zero-order valence-electron chi connectivity index (χ0n) is 12.4. The van der Waals surface area contributed by atoms with E-state index >= 15 is 0 Å². The average molecular weight is 270 g/mol. The van der Waals surface area contributed by atoms with Crippen molar-refractivity contribution in [3.05, 3.63) is 23.8 Å². The van der Waals surface area contributed by atoms with Gasteiger partial charge in [-0.05, 0) is 35.1 Å². The minimum Gasteiger partial charge on any atom is -0.128 e. The third kappa shape index (κ3) is 2.72. The van der Waals surface area contributed by atoms with Gasteiger partial charge >= 0.3 is 0 Å². The lowest BCUT2D eigenvalue weighted by Gasteiger charge is -2.32. The highest BCUT2D eigenvalue weighted by Crippen LogP contribution is 2.45. The van der Waals surface area contributed by atoms with Crippen molar-refractivity contribution in [1.29, 1.82) is 0 Å². The van der Waals surface area contributed by atoms with Gasteiger partial charge in [0.1, 0.15) is 11.4 Å². The van der Waals surface area contributed by atoms with E-state index in [4.69, 9.17) is 0 Å². The fraction of sp³-hybridized carbons (Fsp3) is 0.647. The monoisotopic (exact) mass is 270 g/mol. The number of rotatable bonds is 1. The first-order valence-electron chi connectivity index (χ1n) is 8.05. The van der Waals surface area contributed by atoms with Gasteiger partial charge in [0.15, 0.2) is 0 Å². The van der Waals surface area contributed by atoms with Crippen molar-refractivity contribution >= 4 is 11.4 Å². The highest BCUT2D eigenvalue weighted by Gasteiger charge is 2.31. The van der Waals surface area contributed by atoms with Gasteiger partial charge in [-0.25, -0.2) is 0 Å². The summed E-state index contributed by atoms with van der Waals surface area (Å²) in [7, 11) is 0. The van der Waals surface area contributed by atoms with Crippen molar-refractivity contribution in [2.24, 2.45) is 10.3 Å². The first-order valence-corrected chi connectivity index (χ1v) is 8.05. The minimum absolute atomic E-state index is 0.238. The van der Waals surface area contributed by atoms with Gasteiger partial charge in [-0.2, -0.15) is 0 Å². The molecule has 107 valence electrons. The molecule has 1 fully saturated rings. The Morgan fingerprint density at radius 2 is 1.55 bits per heavy atom. The summed E-state index contributed by atoms with van der Waals surface area (Å²) in [6.07, 6.45) is 12.1. The molecular weight excluding hydrogens is 246 g/mol. The van der Waals surface area contributed by atoms with Gasteiger partial charge in [-0.1, -0.05) is 64.0 Å². The van der Waals surface area contributed by atoms with Crippen molar-refractivity contribution < 1.29 is 0 Å². The van der Waals surface area contributed by atoms with Crippen LogP contribution in [-0.2, 0) is 5.41 Å². The highest BCUT2D eigenvalue weighted by molar-refractivity contribution is 5.68. The first-order chi connectivity index (χ1) is 9.80. The maximum absolute atomic E-state index is 4.27. The van der Waals surface area contributed by atoms with Crippen molar-refractivity contribution in [3.63, 3.8) is 0 Å². The first kappa shape index (κ1) is 13.6. The predicted molar refractivity (Wildman–Crippen MR) is 81.7 cm³/mol. The number of nitrogens with zero attached hydrogens (tertiary/aromatic N) is 3. The topological polar surface area (TPSA) is 38.8 Å². The van der Waals surface area contributed by atoms with Crippen LogP contribution in [0, 0.1) is 0 Å². The van der Waals surface area contributed by atoms with Crippen LogP contribution < -0.4 is 5.43 Å². The van der Waals surface area contributed by atoms with Crippen LogP contribution in [0.1, 0.15) is 70.3 Å². The van der Waals surface area contributed by atoms with Crippen molar-refractivity contribution in [1.82, 2.24) is 5.43 Å². The molecule has 1 aliphatic heterocycles. The Morgan fingerprint density at radius 3 is 2.25 bits per heavy atom. The second-order valence-electron chi connectivity index (χ2n) is 6.50. The van der Waals surface area contributed by atoms with Crippen LogP contribution in [0.4, 0.5) is 11.4 Å². The quantitative estimate of drug-likeness (QED) is 0.626. The van der Waals surface area contributed by atoms with Gasteiger partial charge in [0.25, 0.3) is 0 Å². The highest BCUT2D eigenvalue weighted by atomic mass is 15.5. The van der Waals surface area contributed by atoms with Crippen LogP contribution in [0.25, 0.3) is 0 Å². The van der Waals surface area contributed by atoms with E-state index in [0.29, 0.717) is 0 Å². The Balaban J connectivity index is 1.88. The van der Waals surface area contributed by atoms with E-state index in [1.165, 1.54) is 63.4 Å². The van der Waals surface area contributed by atoms with E-state index in [0.717, 1.165) is 11.4 Å². The largest absolute Gasteiger partial charge is 0.128 e. The average Bonchev–Trinajstić information content (AvgIpc) is 2.94. The van der Waals surface area contributed by atoms with E-state index < -0.39 is 0 Å².